The summed E-state index contributed by atoms with van der Waals surface area (Å²) in [6, 6.07) is 10.1. The fraction of sp³-hybridized carbons (Fsp3) is 0.143. The lowest BCUT2D eigenvalue weighted by Crippen LogP contribution is -1.93. The van der Waals surface area contributed by atoms with Gasteiger partial charge in [-0.2, -0.15) is 4.98 Å². The Morgan fingerprint density at radius 3 is 2.84 bits per heavy atom. The van der Waals surface area contributed by atoms with Crippen molar-refractivity contribution in [3.63, 3.8) is 0 Å². The Morgan fingerprint density at radius 2 is 2.11 bits per heavy atom. The largest absolute Gasteiger partial charge is 0.390 e. The number of rotatable bonds is 3. The molecule has 0 spiro atoms. The molecule has 0 aliphatic carbocycles. The van der Waals surface area contributed by atoms with Crippen molar-refractivity contribution < 1.29 is 4.52 Å². The van der Waals surface area contributed by atoms with Crippen LogP contribution in [0.2, 0.25) is 0 Å². The van der Waals surface area contributed by atoms with Gasteiger partial charge in [0.2, 0.25) is 0 Å². The molecule has 0 bridgehead atoms. The average molecular weight is 271 g/mol. The number of aryl methyl sites for hydroxylation is 1. The first-order valence-corrected chi connectivity index (χ1v) is 6.82. The van der Waals surface area contributed by atoms with E-state index < -0.39 is 0 Å². The molecule has 0 unspecified atom stereocenters. The van der Waals surface area contributed by atoms with E-state index in [1.807, 2.05) is 23.6 Å². The van der Waals surface area contributed by atoms with Crippen LogP contribution in [0.5, 0.6) is 0 Å². The lowest BCUT2D eigenvalue weighted by Gasteiger charge is -2.00. The molecule has 0 aliphatic rings. The molecule has 0 fully saturated rings. The van der Waals surface area contributed by atoms with Gasteiger partial charge in [0, 0.05) is 6.42 Å². The summed E-state index contributed by atoms with van der Waals surface area (Å²) in [5, 5.41) is 6.63. The van der Waals surface area contributed by atoms with E-state index in [0.717, 1.165) is 5.56 Å². The van der Waals surface area contributed by atoms with Crippen LogP contribution in [0.15, 0.2) is 40.2 Å². The van der Waals surface area contributed by atoms with Gasteiger partial charge in [-0.25, -0.2) is 0 Å². The maximum Gasteiger partial charge on any atom is 0.260 e. The van der Waals surface area contributed by atoms with Gasteiger partial charge in [0.15, 0.2) is 5.82 Å². The first kappa shape index (κ1) is 11.9. The van der Waals surface area contributed by atoms with Crippen molar-refractivity contribution >= 4 is 16.3 Å². The number of hydrogen-bond donors (Lipinski definition) is 1. The molecule has 2 aromatic heterocycles. The highest BCUT2D eigenvalue weighted by Gasteiger charge is 2.13. The second-order valence-corrected chi connectivity index (χ2v) is 5.27. The van der Waals surface area contributed by atoms with Crippen LogP contribution in [0, 0.1) is 6.92 Å². The van der Waals surface area contributed by atoms with Crippen LogP contribution >= 0.6 is 11.3 Å². The quantitative estimate of drug-likeness (QED) is 0.794. The molecule has 2 heterocycles. The zero-order valence-corrected chi connectivity index (χ0v) is 11.3. The molecular formula is C14H13N3OS. The Kier molecular flexibility index (Phi) is 3.05. The maximum absolute atomic E-state index is 5.85. The molecule has 0 saturated carbocycles. The van der Waals surface area contributed by atoms with E-state index in [4.69, 9.17) is 10.3 Å². The molecule has 3 rings (SSSR count). The monoisotopic (exact) mass is 271 g/mol. The van der Waals surface area contributed by atoms with Gasteiger partial charge in [-0.15, -0.1) is 11.3 Å². The van der Waals surface area contributed by atoms with Crippen LogP contribution in [0.1, 0.15) is 17.0 Å². The van der Waals surface area contributed by atoms with E-state index in [-0.39, 0.29) is 0 Å². The van der Waals surface area contributed by atoms with Crippen LogP contribution in [0.4, 0.5) is 5.00 Å². The zero-order chi connectivity index (χ0) is 13.2. The number of hydrogen-bond acceptors (Lipinski definition) is 5. The fourth-order valence-electron chi connectivity index (χ4n) is 1.91. The van der Waals surface area contributed by atoms with E-state index in [2.05, 4.69) is 29.2 Å². The summed E-state index contributed by atoms with van der Waals surface area (Å²) in [7, 11) is 0. The SMILES string of the molecule is Cc1ccccc1Cc1noc(-c2ccsc2N)n1. The normalized spacial score (nSPS) is 10.8. The standard InChI is InChI=1S/C14H13N3OS/c1-9-4-2-3-5-10(9)8-12-16-14(18-17-12)11-6-7-19-13(11)15/h2-7H,8,15H2,1H3. The van der Waals surface area contributed by atoms with Crippen LogP contribution in [0.25, 0.3) is 11.5 Å². The summed E-state index contributed by atoms with van der Waals surface area (Å²) in [6.45, 7) is 2.08. The van der Waals surface area contributed by atoms with Crippen molar-refractivity contribution in [2.45, 2.75) is 13.3 Å². The molecule has 0 atom stereocenters. The van der Waals surface area contributed by atoms with E-state index in [1.54, 1.807) is 0 Å². The number of anilines is 1. The Labute approximate surface area is 114 Å². The van der Waals surface area contributed by atoms with Crippen molar-refractivity contribution in [3.05, 3.63) is 52.7 Å². The first-order valence-electron chi connectivity index (χ1n) is 5.94. The van der Waals surface area contributed by atoms with Crippen molar-refractivity contribution in [1.29, 1.82) is 0 Å². The van der Waals surface area contributed by atoms with Crippen LogP contribution < -0.4 is 5.73 Å². The minimum Gasteiger partial charge on any atom is -0.390 e. The second-order valence-electron chi connectivity index (χ2n) is 4.32. The Balaban J connectivity index is 1.87. The number of benzene rings is 1. The third-order valence-electron chi connectivity index (χ3n) is 3.00. The smallest absolute Gasteiger partial charge is 0.260 e. The summed E-state index contributed by atoms with van der Waals surface area (Å²) >= 11 is 1.46. The predicted octanol–water partition coefficient (Wildman–Crippen LogP) is 3.28. The molecular weight excluding hydrogens is 258 g/mol. The third-order valence-corrected chi connectivity index (χ3v) is 3.75. The highest BCUT2D eigenvalue weighted by molar-refractivity contribution is 7.14. The van der Waals surface area contributed by atoms with Gasteiger partial charge in [-0.05, 0) is 29.5 Å². The van der Waals surface area contributed by atoms with Gasteiger partial charge in [0.05, 0.1) is 10.6 Å². The summed E-state index contributed by atoms with van der Waals surface area (Å²) < 4.78 is 5.27. The molecule has 0 amide bonds. The molecule has 19 heavy (non-hydrogen) atoms. The van der Waals surface area contributed by atoms with Gasteiger partial charge in [-0.1, -0.05) is 29.4 Å². The molecule has 3 aromatic rings. The number of nitrogen functional groups attached to an aromatic ring is 1. The molecule has 0 radical (unpaired) electrons. The van der Waals surface area contributed by atoms with Crippen molar-refractivity contribution in [2.24, 2.45) is 0 Å². The Hall–Kier alpha value is -2.14. The van der Waals surface area contributed by atoms with Gasteiger partial charge in [0.25, 0.3) is 5.89 Å². The summed E-state index contributed by atoms with van der Waals surface area (Å²) in [5.74, 6) is 1.16. The minimum atomic E-state index is 0.488. The molecule has 4 nitrogen and oxygen atoms in total. The summed E-state index contributed by atoms with van der Waals surface area (Å²) in [6.07, 6.45) is 0.667. The maximum atomic E-state index is 5.85. The van der Waals surface area contributed by atoms with Crippen molar-refractivity contribution in [3.8, 4) is 11.5 Å². The number of thiophene rings is 1. The molecule has 1 aromatic carbocycles. The van der Waals surface area contributed by atoms with Crippen LogP contribution in [-0.4, -0.2) is 10.1 Å². The second kappa shape index (κ2) is 4.85. The van der Waals surface area contributed by atoms with E-state index >= 15 is 0 Å². The van der Waals surface area contributed by atoms with Crippen molar-refractivity contribution in [1.82, 2.24) is 10.1 Å². The van der Waals surface area contributed by atoms with E-state index in [9.17, 15) is 0 Å². The van der Waals surface area contributed by atoms with E-state index in [0.29, 0.717) is 23.1 Å². The van der Waals surface area contributed by atoms with Gasteiger partial charge >= 0.3 is 0 Å². The highest BCUT2D eigenvalue weighted by Crippen LogP contribution is 2.29. The van der Waals surface area contributed by atoms with Gasteiger partial charge in [-0.3, -0.25) is 0 Å². The summed E-state index contributed by atoms with van der Waals surface area (Å²) in [4.78, 5) is 4.40. The highest BCUT2D eigenvalue weighted by atomic mass is 32.1. The molecule has 96 valence electrons. The molecule has 2 N–H and O–H groups in total. The number of aromatic nitrogens is 2. The third kappa shape index (κ3) is 2.37. The predicted molar refractivity (Wildman–Crippen MR) is 76.0 cm³/mol. The van der Waals surface area contributed by atoms with Crippen LogP contribution in [0.3, 0.4) is 0 Å². The fourth-order valence-corrected chi connectivity index (χ4v) is 2.54. The first-order chi connectivity index (χ1) is 9.24. The number of nitrogens with zero attached hydrogens (tertiary/aromatic N) is 2. The summed E-state index contributed by atoms with van der Waals surface area (Å²) in [5.41, 5.74) is 9.09. The average Bonchev–Trinajstić information content (AvgIpc) is 3.01. The van der Waals surface area contributed by atoms with E-state index in [1.165, 1.54) is 22.5 Å². The Morgan fingerprint density at radius 1 is 1.26 bits per heavy atom. The lowest BCUT2D eigenvalue weighted by molar-refractivity contribution is 0.424. The van der Waals surface area contributed by atoms with Gasteiger partial charge in [0.1, 0.15) is 0 Å². The molecule has 0 saturated heterocycles. The topological polar surface area (TPSA) is 64.9 Å². The Bertz CT molecular complexity index is 702. The lowest BCUT2D eigenvalue weighted by atomic mass is 10.1. The molecule has 5 heteroatoms. The van der Waals surface area contributed by atoms with Gasteiger partial charge < -0.3 is 10.3 Å². The van der Waals surface area contributed by atoms with Crippen LogP contribution in [-0.2, 0) is 6.42 Å². The molecule has 0 aliphatic heterocycles. The zero-order valence-electron chi connectivity index (χ0n) is 10.5. The minimum absolute atomic E-state index is 0.488. The van der Waals surface area contributed by atoms with Crippen molar-refractivity contribution in [2.75, 3.05) is 5.73 Å². The number of nitrogens with two attached hydrogens (primary N) is 1.